The first kappa shape index (κ1) is 16.5. The van der Waals surface area contributed by atoms with Gasteiger partial charge in [-0.05, 0) is 36.0 Å². The molecule has 1 aromatic heterocycles. The van der Waals surface area contributed by atoms with Crippen molar-refractivity contribution in [3.63, 3.8) is 0 Å². The number of rotatable bonds is 4. The summed E-state index contributed by atoms with van der Waals surface area (Å²) in [6.45, 7) is 4.26. The van der Waals surface area contributed by atoms with Gasteiger partial charge in [0.2, 0.25) is 0 Å². The van der Waals surface area contributed by atoms with Gasteiger partial charge in [-0.25, -0.2) is 4.79 Å². The van der Waals surface area contributed by atoms with Crippen molar-refractivity contribution in [2.75, 3.05) is 5.32 Å². The maximum absolute atomic E-state index is 12.2. The van der Waals surface area contributed by atoms with Crippen LogP contribution < -0.4 is 16.8 Å². The molecule has 1 aliphatic carbocycles. The monoisotopic (exact) mass is 343 g/mol. The average Bonchev–Trinajstić information content (AvgIpc) is 2.93. The Hall–Kier alpha value is -2.34. The standard InChI is InChI=1S/C18H21N3O2S/c1-3-18(4-2)9-10-7-5-6-8-11(10)14-13(18)12(15(19)22)16(24-14)21-17(20)23/h5-8H,3-4,9H2,1-2H3,(H2,19,22)(H3,20,21,23). The van der Waals surface area contributed by atoms with Crippen molar-refractivity contribution < 1.29 is 9.59 Å². The minimum absolute atomic E-state index is 0.165. The zero-order valence-electron chi connectivity index (χ0n) is 13.8. The van der Waals surface area contributed by atoms with Crippen molar-refractivity contribution in [2.45, 2.75) is 38.5 Å². The van der Waals surface area contributed by atoms with E-state index in [0.717, 1.165) is 35.3 Å². The van der Waals surface area contributed by atoms with Crippen LogP contribution in [0.2, 0.25) is 0 Å². The highest BCUT2D eigenvalue weighted by Crippen LogP contribution is 2.54. The lowest BCUT2D eigenvalue weighted by Gasteiger charge is -2.38. The molecule has 1 aliphatic rings. The molecule has 0 spiro atoms. The lowest BCUT2D eigenvalue weighted by Crippen LogP contribution is -2.33. The van der Waals surface area contributed by atoms with Crippen molar-refractivity contribution in [2.24, 2.45) is 11.5 Å². The van der Waals surface area contributed by atoms with Crippen LogP contribution in [0.4, 0.5) is 9.80 Å². The number of hydrogen-bond donors (Lipinski definition) is 3. The first-order valence-electron chi connectivity index (χ1n) is 8.05. The molecular weight excluding hydrogens is 322 g/mol. The quantitative estimate of drug-likeness (QED) is 0.790. The van der Waals surface area contributed by atoms with E-state index in [2.05, 4.69) is 31.3 Å². The van der Waals surface area contributed by atoms with Crippen LogP contribution in [0.5, 0.6) is 0 Å². The average molecular weight is 343 g/mol. The van der Waals surface area contributed by atoms with Crippen LogP contribution in [0, 0.1) is 0 Å². The number of fused-ring (bicyclic) bond motifs is 3. The number of carbonyl (C=O) groups excluding carboxylic acids is 2. The van der Waals surface area contributed by atoms with Crippen molar-refractivity contribution in [3.05, 3.63) is 41.0 Å². The second-order valence-electron chi connectivity index (χ2n) is 6.19. The van der Waals surface area contributed by atoms with E-state index >= 15 is 0 Å². The molecule has 0 bridgehead atoms. The van der Waals surface area contributed by atoms with Gasteiger partial charge in [-0.3, -0.25) is 10.1 Å². The number of amides is 3. The number of nitrogens with two attached hydrogens (primary N) is 2. The molecule has 126 valence electrons. The molecule has 0 aliphatic heterocycles. The first-order chi connectivity index (χ1) is 11.4. The minimum atomic E-state index is -0.692. The van der Waals surface area contributed by atoms with E-state index in [1.54, 1.807) is 0 Å². The molecule has 0 saturated carbocycles. The van der Waals surface area contributed by atoms with E-state index in [1.165, 1.54) is 16.9 Å². The molecule has 0 saturated heterocycles. The van der Waals surface area contributed by atoms with Crippen LogP contribution in [0.1, 0.15) is 48.2 Å². The molecule has 0 fully saturated rings. The zero-order chi connectivity index (χ0) is 17.5. The van der Waals surface area contributed by atoms with Gasteiger partial charge in [0.15, 0.2) is 0 Å². The molecule has 0 radical (unpaired) electrons. The van der Waals surface area contributed by atoms with Crippen molar-refractivity contribution in [3.8, 4) is 10.4 Å². The SMILES string of the molecule is CCC1(CC)Cc2ccccc2-c2sc(NC(N)=O)c(C(N)=O)c21. The van der Waals surface area contributed by atoms with Gasteiger partial charge >= 0.3 is 6.03 Å². The molecule has 3 rings (SSSR count). The van der Waals surface area contributed by atoms with Gasteiger partial charge < -0.3 is 11.5 Å². The highest BCUT2D eigenvalue weighted by Gasteiger charge is 2.41. The number of thiophene rings is 1. The van der Waals surface area contributed by atoms with Crippen molar-refractivity contribution >= 4 is 28.3 Å². The molecule has 5 N–H and O–H groups in total. The number of anilines is 1. The van der Waals surface area contributed by atoms with Gasteiger partial charge in [0.1, 0.15) is 5.00 Å². The van der Waals surface area contributed by atoms with E-state index in [0.29, 0.717) is 10.6 Å². The number of benzene rings is 1. The Morgan fingerprint density at radius 1 is 1.21 bits per heavy atom. The molecule has 3 amide bonds. The normalized spacial score (nSPS) is 14.6. The van der Waals surface area contributed by atoms with E-state index in [-0.39, 0.29) is 5.41 Å². The van der Waals surface area contributed by atoms with Crippen LogP contribution in [0.25, 0.3) is 10.4 Å². The predicted octanol–water partition coefficient (Wildman–Crippen LogP) is 3.62. The summed E-state index contributed by atoms with van der Waals surface area (Å²) in [5, 5.41) is 3.03. The predicted molar refractivity (Wildman–Crippen MR) is 97.4 cm³/mol. The molecule has 1 aromatic carbocycles. The van der Waals surface area contributed by atoms with Crippen LogP contribution in [0.3, 0.4) is 0 Å². The van der Waals surface area contributed by atoms with Gasteiger partial charge in [0, 0.05) is 10.3 Å². The Bertz CT molecular complexity index is 822. The fraction of sp³-hybridized carbons (Fsp3) is 0.333. The molecule has 5 nitrogen and oxygen atoms in total. The lowest BCUT2D eigenvalue weighted by molar-refractivity contribution is 0.0998. The Labute approximate surface area is 145 Å². The Balaban J connectivity index is 2.36. The lowest BCUT2D eigenvalue weighted by atomic mass is 9.66. The maximum atomic E-state index is 12.2. The summed E-state index contributed by atoms with van der Waals surface area (Å²) >= 11 is 1.38. The molecule has 2 aromatic rings. The van der Waals surface area contributed by atoms with Gasteiger partial charge in [-0.2, -0.15) is 0 Å². The third-order valence-electron chi connectivity index (χ3n) is 5.07. The Morgan fingerprint density at radius 2 is 1.88 bits per heavy atom. The van der Waals surface area contributed by atoms with E-state index in [1.807, 2.05) is 12.1 Å². The molecular formula is C18H21N3O2S. The summed E-state index contributed by atoms with van der Waals surface area (Å²) in [7, 11) is 0. The highest BCUT2D eigenvalue weighted by atomic mass is 32.1. The number of primary amides is 2. The van der Waals surface area contributed by atoms with E-state index in [9.17, 15) is 9.59 Å². The summed E-state index contributed by atoms with van der Waals surface area (Å²) < 4.78 is 0. The smallest absolute Gasteiger partial charge is 0.317 e. The number of carbonyl (C=O) groups is 2. The third kappa shape index (κ3) is 2.38. The molecule has 6 heteroatoms. The van der Waals surface area contributed by atoms with Gasteiger partial charge in [0.25, 0.3) is 5.91 Å². The number of nitrogens with one attached hydrogen (secondary N) is 1. The van der Waals surface area contributed by atoms with Crippen LogP contribution in [-0.4, -0.2) is 11.9 Å². The second kappa shape index (κ2) is 5.94. The fourth-order valence-electron chi connectivity index (χ4n) is 3.76. The maximum Gasteiger partial charge on any atom is 0.317 e. The Morgan fingerprint density at radius 3 is 2.46 bits per heavy atom. The summed E-state index contributed by atoms with van der Waals surface area (Å²) in [5.41, 5.74) is 14.5. The van der Waals surface area contributed by atoms with Gasteiger partial charge in [-0.15, -0.1) is 11.3 Å². The van der Waals surface area contributed by atoms with Crippen LogP contribution in [-0.2, 0) is 11.8 Å². The molecule has 1 heterocycles. The van der Waals surface area contributed by atoms with Crippen LogP contribution in [0.15, 0.2) is 24.3 Å². The van der Waals surface area contributed by atoms with E-state index < -0.39 is 11.9 Å². The minimum Gasteiger partial charge on any atom is -0.365 e. The molecule has 0 unspecified atom stereocenters. The van der Waals surface area contributed by atoms with E-state index in [4.69, 9.17) is 11.5 Å². The second-order valence-corrected chi connectivity index (χ2v) is 7.21. The molecule has 24 heavy (non-hydrogen) atoms. The largest absolute Gasteiger partial charge is 0.365 e. The summed E-state index contributed by atoms with van der Waals surface area (Å²) in [6, 6.07) is 7.51. The van der Waals surface area contributed by atoms with Crippen molar-refractivity contribution in [1.82, 2.24) is 0 Å². The fourth-order valence-corrected chi connectivity index (χ4v) is 5.15. The summed E-state index contributed by atoms with van der Waals surface area (Å²) in [6.07, 6.45) is 2.63. The topological polar surface area (TPSA) is 98.2 Å². The summed E-state index contributed by atoms with van der Waals surface area (Å²) in [5.74, 6) is -0.526. The summed E-state index contributed by atoms with van der Waals surface area (Å²) in [4.78, 5) is 24.6. The van der Waals surface area contributed by atoms with Crippen LogP contribution >= 0.6 is 11.3 Å². The number of hydrogen-bond acceptors (Lipinski definition) is 3. The third-order valence-corrected chi connectivity index (χ3v) is 6.20. The molecule has 0 atom stereocenters. The van der Waals surface area contributed by atoms with Gasteiger partial charge in [0.05, 0.1) is 5.56 Å². The highest BCUT2D eigenvalue weighted by molar-refractivity contribution is 7.20. The Kier molecular flexibility index (Phi) is 4.09. The van der Waals surface area contributed by atoms with Crippen molar-refractivity contribution in [1.29, 1.82) is 0 Å². The first-order valence-corrected chi connectivity index (χ1v) is 8.87. The zero-order valence-corrected chi connectivity index (χ0v) is 14.6. The number of urea groups is 1. The van der Waals surface area contributed by atoms with Gasteiger partial charge in [-0.1, -0.05) is 38.1 Å².